The van der Waals surface area contributed by atoms with Gasteiger partial charge >= 0.3 is 0 Å². The summed E-state index contributed by atoms with van der Waals surface area (Å²) in [5, 5.41) is 22.4. The molecule has 0 heterocycles. The third kappa shape index (κ3) is 17.2. The summed E-state index contributed by atoms with van der Waals surface area (Å²) in [4.78, 5) is 12.0. The van der Waals surface area contributed by atoms with E-state index >= 15 is 0 Å². The summed E-state index contributed by atoms with van der Waals surface area (Å²) in [5.41, 5.74) is 0. The number of hydrogen-bond donors (Lipinski definition) is 3. The number of aliphatic hydroxyl groups is 2. The lowest BCUT2D eigenvalue weighted by atomic mass is 10.1. The van der Waals surface area contributed by atoms with Gasteiger partial charge in [0.1, 0.15) is 0 Å². The fraction of sp³-hybridized carbons (Fsp3) is 0.875. The van der Waals surface area contributed by atoms with Crippen LogP contribution < -0.4 is 5.32 Å². The molecule has 0 bridgehead atoms. The van der Waals surface area contributed by atoms with Crippen molar-refractivity contribution in [2.24, 2.45) is 0 Å². The van der Waals surface area contributed by atoms with Crippen molar-refractivity contribution < 1.29 is 15.0 Å². The zero-order valence-electron chi connectivity index (χ0n) is 18.6. The van der Waals surface area contributed by atoms with E-state index in [-0.39, 0.29) is 12.5 Å². The van der Waals surface area contributed by atoms with Crippen LogP contribution in [0, 0.1) is 0 Å². The molecule has 0 aliphatic heterocycles. The molecule has 3 N–H and O–H groups in total. The Morgan fingerprint density at radius 2 is 1.32 bits per heavy atom. The molecular formula is C24H47NO3. The van der Waals surface area contributed by atoms with E-state index < -0.39 is 12.1 Å². The van der Waals surface area contributed by atoms with E-state index in [9.17, 15) is 15.0 Å². The van der Waals surface area contributed by atoms with Gasteiger partial charge in [0.15, 0.2) is 0 Å². The topological polar surface area (TPSA) is 69.6 Å². The molecule has 0 aromatic carbocycles. The van der Waals surface area contributed by atoms with Crippen LogP contribution in [-0.2, 0) is 4.79 Å². The summed E-state index contributed by atoms with van der Waals surface area (Å²) in [6, 6.07) is -0.609. The van der Waals surface area contributed by atoms with Gasteiger partial charge < -0.3 is 15.5 Å². The zero-order chi connectivity index (χ0) is 20.9. The second-order valence-electron chi connectivity index (χ2n) is 8.06. The summed E-state index contributed by atoms with van der Waals surface area (Å²) in [6.07, 6.45) is 21.4. The number of nitrogens with one attached hydrogen (secondary N) is 1. The van der Waals surface area contributed by atoms with Gasteiger partial charge in [-0.1, -0.05) is 103 Å². The van der Waals surface area contributed by atoms with Gasteiger partial charge in [0.05, 0.1) is 18.8 Å². The van der Waals surface area contributed by atoms with Crippen LogP contribution in [0.15, 0.2) is 12.2 Å². The third-order valence-corrected chi connectivity index (χ3v) is 5.27. The zero-order valence-corrected chi connectivity index (χ0v) is 18.6. The number of hydrogen-bond acceptors (Lipinski definition) is 3. The Kier molecular flexibility index (Phi) is 20.2. The van der Waals surface area contributed by atoms with Gasteiger partial charge in [-0.15, -0.1) is 0 Å². The van der Waals surface area contributed by atoms with E-state index in [4.69, 9.17) is 0 Å². The van der Waals surface area contributed by atoms with Crippen LogP contribution >= 0.6 is 0 Å². The highest BCUT2D eigenvalue weighted by atomic mass is 16.3. The summed E-state index contributed by atoms with van der Waals surface area (Å²) in [6.45, 7) is 4.19. The molecule has 166 valence electrons. The van der Waals surface area contributed by atoms with Crippen LogP contribution in [0.4, 0.5) is 0 Å². The molecular weight excluding hydrogens is 350 g/mol. The Bertz CT molecular complexity index is 371. The van der Waals surface area contributed by atoms with Crippen LogP contribution in [0.5, 0.6) is 0 Å². The average Bonchev–Trinajstić information content (AvgIpc) is 2.69. The first-order valence-corrected chi connectivity index (χ1v) is 11.9. The van der Waals surface area contributed by atoms with Crippen molar-refractivity contribution in [1.82, 2.24) is 5.32 Å². The van der Waals surface area contributed by atoms with Crippen molar-refractivity contribution >= 4 is 5.91 Å². The molecule has 1 amide bonds. The molecule has 4 nitrogen and oxygen atoms in total. The van der Waals surface area contributed by atoms with Crippen molar-refractivity contribution in [2.75, 3.05) is 6.61 Å². The lowest BCUT2D eigenvalue weighted by Crippen LogP contribution is -2.45. The van der Waals surface area contributed by atoms with E-state index in [1.54, 1.807) is 6.08 Å². The molecule has 0 saturated heterocycles. The van der Waals surface area contributed by atoms with Gasteiger partial charge in [-0.05, 0) is 19.3 Å². The minimum absolute atomic E-state index is 0.0750. The summed E-state index contributed by atoms with van der Waals surface area (Å²) in [5.74, 6) is -0.0750. The molecule has 0 radical (unpaired) electrons. The Balaban J connectivity index is 3.77. The SMILES string of the molecule is CCCCCCC/C=C/C(O)C(CO)NC(=O)CCCCCCCCCCC. The summed E-state index contributed by atoms with van der Waals surface area (Å²) < 4.78 is 0. The monoisotopic (exact) mass is 397 g/mol. The van der Waals surface area contributed by atoms with Crippen LogP contribution in [0.25, 0.3) is 0 Å². The predicted molar refractivity (Wildman–Crippen MR) is 119 cm³/mol. The second kappa shape index (κ2) is 20.9. The quantitative estimate of drug-likeness (QED) is 0.183. The Morgan fingerprint density at radius 1 is 0.821 bits per heavy atom. The molecule has 0 spiro atoms. The maximum Gasteiger partial charge on any atom is 0.220 e. The fourth-order valence-electron chi connectivity index (χ4n) is 3.35. The first kappa shape index (κ1) is 27.1. The van der Waals surface area contributed by atoms with Crippen LogP contribution in [0.3, 0.4) is 0 Å². The third-order valence-electron chi connectivity index (χ3n) is 5.27. The summed E-state index contributed by atoms with van der Waals surface area (Å²) >= 11 is 0. The molecule has 0 aliphatic rings. The van der Waals surface area contributed by atoms with Gasteiger partial charge in [0.25, 0.3) is 0 Å². The standard InChI is InChI=1S/C24H47NO3/c1-3-5-7-9-11-12-14-16-18-20-24(28)25-22(21-26)23(27)19-17-15-13-10-8-6-4-2/h17,19,22-23,26-27H,3-16,18,20-21H2,1-2H3,(H,25,28)/b19-17+. The summed E-state index contributed by atoms with van der Waals surface area (Å²) in [7, 11) is 0. The van der Waals surface area contributed by atoms with Crippen molar-refractivity contribution in [3.8, 4) is 0 Å². The van der Waals surface area contributed by atoms with E-state index in [2.05, 4.69) is 19.2 Å². The molecule has 0 saturated carbocycles. The minimum Gasteiger partial charge on any atom is -0.394 e. The molecule has 0 aromatic heterocycles. The maximum absolute atomic E-state index is 12.0. The van der Waals surface area contributed by atoms with Gasteiger partial charge in [-0.2, -0.15) is 0 Å². The largest absolute Gasteiger partial charge is 0.394 e. The molecule has 0 rings (SSSR count). The highest BCUT2D eigenvalue weighted by Crippen LogP contribution is 2.11. The Labute approximate surface area is 174 Å². The minimum atomic E-state index is -0.826. The molecule has 0 aliphatic carbocycles. The van der Waals surface area contributed by atoms with Crippen molar-refractivity contribution in [3.63, 3.8) is 0 Å². The van der Waals surface area contributed by atoms with Gasteiger partial charge in [0, 0.05) is 6.42 Å². The highest BCUT2D eigenvalue weighted by Gasteiger charge is 2.17. The fourth-order valence-corrected chi connectivity index (χ4v) is 3.35. The number of amides is 1. The van der Waals surface area contributed by atoms with E-state index in [0.717, 1.165) is 25.7 Å². The molecule has 0 aromatic rings. The predicted octanol–water partition coefficient (Wildman–Crippen LogP) is 5.66. The molecule has 2 atom stereocenters. The number of carbonyl (C=O) groups excluding carboxylic acids is 1. The number of allylic oxidation sites excluding steroid dienone is 1. The van der Waals surface area contributed by atoms with E-state index in [1.807, 2.05) is 6.08 Å². The number of unbranched alkanes of at least 4 members (excludes halogenated alkanes) is 13. The smallest absolute Gasteiger partial charge is 0.220 e. The Hall–Kier alpha value is -0.870. The van der Waals surface area contributed by atoms with Gasteiger partial charge in [-0.3, -0.25) is 4.79 Å². The average molecular weight is 398 g/mol. The van der Waals surface area contributed by atoms with Gasteiger partial charge in [0.2, 0.25) is 5.91 Å². The molecule has 28 heavy (non-hydrogen) atoms. The first-order valence-electron chi connectivity index (χ1n) is 11.9. The number of carbonyl (C=O) groups is 1. The van der Waals surface area contributed by atoms with Crippen LogP contribution in [-0.4, -0.2) is 34.9 Å². The lowest BCUT2D eigenvalue weighted by Gasteiger charge is -2.20. The van der Waals surface area contributed by atoms with Crippen molar-refractivity contribution in [3.05, 3.63) is 12.2 Å². The van der Waals surface area contributed by atoms with Gasteiger partial charge in [-0.25, -0.2) is 0 Å². The van der Waals surface area contributed by atoms with Crippen LogP contribution in [0.1, 0.15) is 117 Å². The van der Waals surface area contributed by atoms with E-state index in [1.165, 1.54) is 70.6 Å². The number of aliphatic hydroxyl groups excluding tert-OH is 2. The highest BCUT2D eigenvalue weighted by molar-refractivity contribution is 5.76. The molecule has 4 heteroatoms. The lowest BCUT2D eigenvalue weighted by molar-refractivity contribution is -0.123. The second-order valence-corrected chi connectivity index (χ2v) is 8.06. The molecule has 2 unspecified atom stereocenters. The van der Waals surface area contributed by atoms with Crippen molar-refractivity contribution in [1.29, 1.82) is 0 Å². The van der Waals surface area contributed by atoms with Crippen LogP contribution in [0.2, 0.25) is 0 Å². The maximum atomic E-state index is 12.0. The Morgan fingerprint density at radius 3 is 1.86 bits per heavy atom. The number of rotatable bonds is 20. The van der Waals surface area contributed by atoms with E-state index in [0.29, 0.717) is 6.42 Å². The normalized spacial score (nSPS) is 13.7. The van der Waals surface area contributed by atoms with Crippen molar-refractivity contribution in [2.45, 2.75) is 129 Å². The first-order chi connectivity index (χ1) is 13.7. The molecule has 0 fully saturated rings.